The molecule has 0 aliphatic rings. The largest absolute Gasteiger partial charge is 0.295 e. The van der Waals surface area contributed by atoms with Gasteiger partial charge >= 0.3 is 0 Å². The van der Waals surface area contributed by atoms with Gasteiger partial charge in [-0.3, -0.25) is 9.52 Å². The first-order valence-corrected chi connectivity index (χ1v) is 11.4. The van der Waals surface area contributed by atoms with Crippen molar-refractivity contribution in [3.63, 3.8) is 0 Å². The van der Waals surface area contributed by atoms with E-state index >= 15 is 0 Å². The molecule has 5 nitrogen and oxygen atoms in total. The van der Waals surface area contributed by atoms with Crippen LogP contribution in [0.3, 0.4) is 0 Å². The fourth-order valence-corrected chi connectivity index (χ4v) is 4.43. The summed E-state index contributed by atoms with van der Waals surface area (Å²) in [6, 6.07) is 16.6. The van der Waals surface area contributed by atoms with E-state index in [-0.39, 0.29) is 5.78 Å². The van der Waals surface area contributed by atoms with Crippen LogP contribution in [0.2, 0.25) is 0 Å². The van der Waals surface area contributed by atoms with Crippen molar-refractivity contribution in [2.45, 2.75) is 26.0 Å². The molecule has 0 saturated carbocycles. The third-order valence-electron chi connectivity index (χ3n) is 4.54. The quantitative estimate of drug-likeness (QED) is 0.544. The van der Waals surface area contributed by atoms with Crippen molar-refractivity contribution >= 4 is 32.8 Å². The van der Waals surface area contributed by atoms with E-state index in [0.717, 1.165) is 21.6 Å². The van der Waals surface area contributed by atoms with Crippen LogP contribution in [-0.2, 0) is 10.0 Å². The van der Waals surface area contributed by atoms with Crippen molar-refractivity contribution < 1.29 is 13.2 Å². The van der Waals surface area contributed by atoms with E-state index in [0.29, 0.717) is 16.8 Å². The van der Waals surface area contributed by atoms with E-state index in [1.54, 1.807) is 38.1 Å². The first-order chi connectivity index (χ1) is 13.7. The molecule has 2 aromatic carbocycles. The average Bonchev–Trinajstić information content (AvgIpc) is 3.14. The molecule has 148 valence electrons. The number of carbonyl (C=O) groups is 1. The minimum atomic E-state index is -3.43. The Morgan fingerprint density at radius 2 is 1.72 bits per heavy atom. The molecule has 3 aromatic rings. The van der Waals surface area contributed by atoms with Crippen LogP contribution in [0.25, 0.3) is 21.6 Å². The van der Waals surface area contributed by atoms with E-state index < -0.39 is 15.3 Å². The lowest BCUT2D eigenvalue weighted by atomic mass is 9.96. The Morgan fingerprint density at radius 1 is 1.07 bits per heavy atom. The number of nitrogens with zero attached hydrogens (tertiary/aromatic N) is 1. The smallest absolute Gasteiger partial charge is 0.235 e. The van der Waals surface area contributed by atoms with Crippen LogP contribution in [0.4, 0.5) is 5.69 Å². The average molecular weight is 425 g/mol. The standard InChI is InChI=1S/C22H20N2O3S2/c1-14(2)29(26,27)24-21-10-11-28-22(21)17-6-4-16(5-7-17)20-9-8-18(15(3)25)12-19(20)13-23/h4-12,14,24H,1-3H3. The van der Waals surface area contributed by atoms with Crippen molar-refractivity contribution in [3.8, 4) is 27.6 Å². The van der Waals surface area contributed by atoms with Crippen LogP contribution in [0.15, 0.2) is 53.9 Å². The Kier molecular flexibility index (Phi) is 5.87. The van der Waals surface area contributed by atoms with Gasteiger partial charge in [0.1, 0.15) is 0 Å². The van der Waals surface area contributed by atoms with Gasteiger partial charge in [0, 0.05) is 5.56 Å². The van der Waals surface area contributed by atoms with Crippen LogP contribution in [-0.4, -0.2) is 19.5 Å². The lowest BCUT2D eigenvalue weighted by Gasteiger charge is -2.12. The summed E-state index contributed by atoms with van der Waals surface area (Å²) >= 11 is 1.45. The van der Waals surface area contributed by atoms with E-state index in [1.807, 2.05) is 29.6 Å². The van der Waals surface area contributed by atoms with Crippen LogP contribution in [0.5, 0.6) is 0 Å². The second-order valence-electron chi connectivity index (χ2n) is 6.86. The van der Waals surface area contributed by atoms with Crippen molar-refractivity contribution in [3.05, 3.63) is 65.0 Å². The van der Waals surface area contributed by atoms with Gasteiger partial charge < -0.3 is 0 Å². The van der Waals surface area contributed by atoms with Gasteiger partial charge in [-0.05, 0) is 55.0 Å². The third-order valence-corrected chi connectivity index (χ3v) is 7.25. The molecule has 0 aliphatic heterocycles. The zero-order chi connectivity index (χ0) is 21.2. The van der Waals surface area contributed by atoms with Crippen molar-refractivity contribution in [1.29, 1.82) is 5.26 Å². The summed E-state index contributed by atoms with van der Waals surface area (Å²) < 4.78 is 27.1. The highest BCUT2D eigenvalue weighted by Gasteiger charge is 2.18. The molecule has 0 bridgehead atoms. The Bertz CT molecular complexity index is 1200. The van der Waals surface area contributed by atoms with Crippen LogP contribution >= 0.6 is 11.3 Å². The maximum atomic E-state index is 12.2. The second-order valence-corrected chi connectivity index (χ2v) is 10.0. The molecule has 1 N–H and O–H groups in total. The van der Waals surface area contributed by atoms with Gasteiger partial charge in [0.25, 0.3) is 0 Å². The minimum Gasteiger partial charge on any atom is -0.295 e. The first-order valence-electron chi connectivity index (χ1n) is 8.98. The van der Waals surface area contributed by atoms with E-state index in [2.05, 4.69) is 10.8 Å². The molecular formula is C22H20N2O3S2. The lowest BCUT2D eigenvalue weighted by Crippen LogP contribution is -2.22. The number of sulfonamides is 1. The highest BCUT2D eigenvalue weighted by molar-refractivity contribution is 7.93. The molecule has 0 fully saturated rings. The summed E-state index contributed by atoms with van der Waals surface area (Å²) in [4.78, 5) is 12.4. The monoisotopic (exact) mass is 424 g/mol. The summed E-state index contributed by atoms with van der Waals surface area (Å²) in [6.45, 7) is 4.73. The molecule has 1 aromatic heterocycles. The molecule has 0 amide bonds. The summed E-state index contributed by atoms with van der Waals surface area (Å²) in [5, 5.41) is 10.8. The lowest BCUT2D eigenvalue weighted by molar-refractivity contribution is 0.101. The van der Waals surface area contributed by atoms with Gasteiger partial charge in [0.15, 0.2) is 5.78 Å². The molecule has 7 heteroatoms. The number of hydrogen-bond acceptors (Lipinski definition) is 5. The highest BCUT2D eigenvalue weighted by atomic mass is 32.2. The number of nitrogens with one attached hydrogen (secondary N) is 1. The van der Waals surface area contributed by atoms with Gasteiger partial charge in [-0.15, -0.1) is 11.3 Å². The molecular weight excluding hydrogens is 404 g/mol. The molecule has 0 atom stereocenters. The fourth-order valence-electron chi connectivity index (χ4n) is 2.79. The zero-order valence-electron chi connectivity index (χ0n) is 16.3. The summed E-state index contributed by atoms with van der Waals surface area (Å²) in [5.74, 6) is -0.0857. The van der Waals surface area contributed by atoms with Crippen LogP contribution in [0.1, 0.15) is 36.7 Å². The number of ketones is 1. The number of carbonyl (C=O) groups excluding carboxylic acids is 1. The number of anilines is 1. The van der Waals surface area contributed by atoms with E-state index in [9.17, 15) is 18.5 Å². The third kappa shape index (κ3) is 4.39. The predicted octanol–water partition coefficient (Wildman–Crippen LogP) is 5.31. The Balaban J connectivity index is 1.95. The Labute approximate surface area is 174 Å². The maximum absolute atomic E-state index is 12.2. The normalized spacial score (nSPS) is 11.3. The van der Waals surface area contributed by atoms with Gasteiger partial charge in [-0.2, -0.15) is 5.26 Å². The topological polar surface area (TPSA) is 87.0 Å². The summed E-state index contributed by atoms with van der Waals surface area (Å²) in [6.07, 6.45) is 0. The number of rotatable bonds is 6. The van der Waals surface area contributed by atoms with Crippen molar-refractivity contribution in [2.75, 3.05) is 4.72 Å². The van der Waals surface area contributed by atoms with Crippen LogP contribution in [0, 0.1) is 11.3 Å². The van der Waals surface area contributed by atoms with Gasteiger partial charge in [-0.1, -0.05) is 36.4 Å². The molecule has 3 rings (SSSR count). The molecule has 0 aliphatic carbocycles. The fraction of sp³-hybridized carbons (Fsp3) is 0.182. The highest BCUT2D eigenvalue weighted by Crippen LogP contribution is 2.36. The molecule has 0 saturated heterocycles. The van der Waals surface area contributed by atoms with E-state index in [4.69, 9.17) is 0 Å². The molecule has 0 radical (unpaired) electrons. The first kappa shape index (κ1) is 20.8. The minimum absolute atomic E-state index is 0.0857. The van der Waals surface area contributed by atoms with E-state index in [1.165, 1.54) is 18.3 Å². The Hall–Kier alpha value is -2.95. The summed E-state index contributed by atoms with van der Waals surface area (Å²) in [7, 11) is -3.43. The zero-order valence-corrected chi connectivity index (χ0v) is 17.9. The molecule has 29 heavy (non-hydrogen) atoms. The van der Waals surface area contributed by atoms with Gasteiger partial charge in [0.05, 0.1) is 27.4 Å². The second kappa shape index (κ2) is 8.19. The van der Waals surface area contributed by atoms with Crippen molar-refractivity contribution in [2.24, 2.45) is 0 Å². The van der Waals surface area contributed by atoms with Gasteiger partial charge in [-0.25, -0.2) is 8.42 Å². The Morgan fingerprint density at radius 3 is 2.31 bits per heavy atom. The number of Topliss-reactive ketones (excluding diaryl/α,β-unsaturated/α-hetero) is 1. The van der Waals surface area contributed by atoms with Crippen molar-refractivity contribution in [1.82, 2.24) is 0 Å². The number of thiophene rings is 1. The molecule has 0 unspecified atom stereocenters. The molecule has 1 heterocycles. The van der Waals surface area contributed by atoms with Crippen LogP contribution < -0.4 is 4.72 Å². The van der Waals surface area contributed by atoms with Gasteiger partial charge in [0.2, 0.25) is 10.0 Å². The predicted molar refractivity (Wildman–Crippen MR) is 118 cm³/mol. The summed E-state index contributed by atoms with van der Waals surface area (Å²) in [5.41, 5.74) is 3.97. The molecule has 0 spiro atoms. The SMILES string of the molecule is CC(=O)c1ccc(-c2ccc(-c3sccc3NS(=O)(=O)C(C)C)cc2)c(C#N)c1. The number of hydrogen-bond donors (Lipinski definition) is 1. The number of nitriles is 1. The number of benzene rings is 2. The maximum Gasteiger partial charge on any atom is 0.235 e.